The number of pyridine rings is 1. The van der Waals surface area contributed by atoms with E-state index in [1.54, 1.807) is 19.0 Å². The van der Waals surface area contributed by atoms with E-state index in [0.29, 0.717) is 6.42 Å². The van der Waals surface area contributed by atoms with Gasteiger partial charge in [-0.15, -0.1) is 0 Å². The van der Waals surface area contributed by atoms with Gasteiger partial charge in [-0.25, -0.2) is 4.98 Å². The Morgan fingerprint density at radius 3 is 2.44 bits per heavy atom. The second-order valence-corrected chi connectivity index (χ2v) is 6.32. The lowest BCUT2D eigenvalue weighted by Gasteiger charge is -2.12. The van der Waals surface area contributed by atoms with Crippen LogP contribution in [0.4, 0.5) is 0 Å². The zero-order valence-electron chi connectivity index (χ0n) is 14.3. The van der Waals surface area contributed by atoms with Gasteiger partial charge in [0, 0.05) is 19.7 Å². The largest absolute Gasteiger partial charge is 0.348 e. The van der Waals surface area contributed by atoms with Crippen molar-refractivity contribution >= 4 is 22.5 Å². The smallest absolute Gasteiger partial charge is 0.228 e. The lowest BCUT2D eigenvalue weighted by atomic mass is 10.1. The molecule has 2 heterocycles. The number of imidazole rings is 1. The number of likely N-dealkylation sites (N-methyl/N-ethyl adjacent to an activating group) is 1. The summed E-state index contributed by atoms with van der Waals surface area (Å²) >= 11 is 0. The molecule has 0 unspecified atom stereocenters. The van der Waals surface area contributed by atoms with Crippen molar-refractivity contribution in [3.63, 3.8) is 0 Å². The Morgan fingerprint density at radius 2 is 1.68 bits per heavy atom. The SMILES string of the molecule is CN(C)C(=O)Cc1c(-c2ccccc2)nc2ccc3ccccc3n12. The van der Waals surface area contributed by atoms with E-state index in [1.165, 1.54) is 0 Å². The third-order valence-electron chi connectivity index (χ3n) is 4.45. The highest BCUT2D eigenvalue weighted by molar-refractivity contribution is 5.86. The normalized spacial score (nSPS) is 11.1. The molecule has 0 aliphatic heterocycles. The van der Waals surface area contributed by atoms with E-state index in [-0.39, 0.29) is 5.91 Å². The van der Waals surface area contributed by atoms with Crippen molar-refractivity contribution < 1.29 is 4.79 Å². The first-order chi connectivity index (χ1) is 12.1. The average molecular weight is 329 g/mol. The van der Waals surface area contributed by atoms with Crippen LogP contribution in [0.15, 0.2) is 66.7 Å². The molecule has 0 aliphatic carbocycles. The molecule has 1 amide bonds. The van der Waals surface area contributed by atoms with Gasteiger partial charge in [-0.1, -0.05) is 48.5 Å². The number of amides is 1. The first-order valence-corrected chi connectivity index (χ1v) is 8.30. The van der Waals surface area contributed by atoms with Gasteiger partial charge in [-0.3, -0.25) is 9.20 Å². The van der Waals surface area contributed by atoms with Gasteiger partial charge < -0.3 is 4.90 Å². The first kappa shape index (κ1) is 15.4. The molecule has 4 nitrogen and oxygen atoms in total. The minimum Gasteiger partial charge on any atom is -0.348 e. The molecule has 25 heavy (non-hydrogen) atoms. The van der Waals surface area contributed by atoms with E-state index in [2.05, 4.69) is 22.6 Å². The van der Waals surface area contributed by atoms with E-state index in [4.69, 9.17) is 4.98 Å². The summed E-state index contributed by atoms with van der Waals surface area (Å²) in [6, 6.07) is 22.3. The zero-order chi connectivity index (χ0) is 17.4. The zero-order valence-corrected chi connectivity index (χ0v) is 14.3. The molecular formula is C21H19N3O. The van der Waals surface area contributed by atoms with Crippen molar-refractivity contribution in [2.24, 2.45) is 0 Å². The molecule has 0 aliphatic rings. The fraction of sp³-hybridized carbons (Fsp3) is 0.143. The maximum absolute atomic E-state index is 12.5. The minimum absolute atomic E-state index is 0.0620. The summed E-state index contributed by atoms with van der Waals surface area (Å²) in [5, 5.41) is 1.13. The lowest BCUT2D eigenvalue weighted by molar-refractivity contribution is -0.128. The van der Waals surface area contributed by atoms with Crippen LogP contribution in [0.3, 0.4) is 0 Å². The van der Waals surface area contributed by atoms with Crippen LogP contribution in [0.5, 0.6) is 0 Å². The molecule has 0 atom stereocenters. The number of aromatic nitrogens is 2. The van der Waals surface area contributed by atoms with E-state index < -0.39 is 0 Å². The molecule has 0 saturated carbocycles. The van der Waals surface area contributed by atoms with E-state index in [0.717, 1.165) is 33.5 Å². The number of para-hydroxylation sites is 1. The highest BCUT2D eigenvalue weighted by atomic mass is 16.2. The maximum Gasteiger partial charge on any atom is 0.228 e. The van der Waals surface area contributed by atoms with E-state index in [1.807, 2.05) is 48.5 Å². The van der Waals surface area contributed by atoms with Crippen molar-refractivity contribution in [1.29, 1.82) is 0 Å². The van der Waals surface area contributed by atoms with Crippen molar-refractivity contribution in [3.05, 3.63) is 72.4 Å². The Morgan fingerprint density at radius 1 is 0.960 bits per heavy atom. The molecule has 4 heteroatoms. The number of benzene rings is 2. The van der Waals surface area contributed by atoms with Crippen LogP contribution < -0.4 is 0 Å². The summed E-state index contributed by atoms with van der Waals surface area (Å²) in [7, 11) is 3.57. The van der Waals surface area contributed by atoms with Crippen LogP contribution in [0.1, 0.15) is 5.69 Å². The van der Waals surface area contributed by atoms with Crippen molar-refractivity contribution in [3.8, 4) is 11.3 Å². The van der Waals surface area contributed by atoms with Gasteiger partial charge in [0.2, 0.25) is 5.91 Å². The second kappa shape index (κ2) is 6.06. The Kier molecular flexibility index (Phi) is 3.73. The number of carbonyl (C=O) groups excluding carboxylic acids is 1. The quantitative estimate of drug-likeness (QED) is 0.573. The molecule has 0 N–H and O–H groups in total. The average Bonchev–Trinajstić information content (AvgIpc) is 3.01. The van der Waals surface area contributed by atoms with Crippen LogP contribution in [-0.4, -0.2) is 34.3 Å². The number of hydrogen-bond donors (Lipinski definition) is 0. The summed E-state index contributed by atoms with van der Waals surface area (Å²) in [5.41, 5.74) is 4.75. The van der Waals surface area contributed by atoms with Crippen molar-refractivity contribution in [2.45, 2.75) is 6.42 Å². The number of rotatable bonds is 3. The van der Waals surface area contributed by atoms with Gasteiger partial charge in [-0.2, -0.15) is 0 Å². The Hall–Kier alpha value is -3.14. The molecule has 0 spiro atoms. The van der Waals surface area contributed by atoms with E-state index in [9.17, 15) is 4.79 Å². The molecule has 0 fully saturated rings. The number of carbonyl (C=O) groups is 1. The second-order valence-electron chi connectivity index (χ2n) is 6.32. The summed E-state index contributed by atoms with van der Waals surface area (Å²) in [5.74, 6) is 0.0620. The molecule has 124 valence electrons. The van der Waals surface area contributed by atoms with Crippen LogP contribution in [0.2, 0.25) is 0 Å². The summed E-state index contributed by atoms with van der Waals surface area (Å²) in [6.45, 7) is 0. The topological polar surface area (TPSA) is 37.6 Å². The predicted octanol–water partition coefficient (Wildman–Crippen LogP) is 3.79. The van der Waals surface area contributed by atoms with Crippen LogP contribution in [0.25, 0.3) is 27.8 Å². The third-order valence-corrected chi connectivity index (χ3v) is 4.45. The Labute approximate surface area is 146 Å². The molecule has 4 rings (SSSR count). The van der Waals surface area contributed by atoms with Crippen molar-refractivity contribution in [1.82, 2.24) is 14.3 Å². The molecule has 2 aromatic carbocycles. The Balaban J connectivity index is 2.04. The molecule has 2 aromatic heterocycles. The summed E-state index contributed by atoms with van der Waals surface area (Å²) in [6.07, 6.45) is 0.312. The molecule has 0 bridgehead atoms. The van der Waals surface area contributed by atoms with Crippen molar-refractivity contribution in [2.75, 3.05) is 14.1 Å². The summed E-state index contributed by atoms with van der Waals surface area (Å²) < 4.78 is 2.11. The van der Waals surface area contributed by atoms with E-state index >= 15 is 0 Å². The fourth-order valence-corrected chi connectivity index (χ4v) is 3.14. The highest BCUT2D eigenvalue weighted by Gasteiger charge is 2.19. The van der Waals surface area contributed by atoms with Gasteiger partial charge in [-0.05, 0) is 23.6 Å². The first-order valence-electron chi connectivity index (χ1n) is 8.30. The van der Waals surface area contributed by atoms with Gasteiger partial charge >= 0.3 is 0 Å². The van der Waals surface area contributed by atoms with Gasteiger partial charge in [0.05, 0.1) is 23.3 Å². The van der Waals surface area contributed by atoms with Crippen LogP contribution in [-0.2, 0) is 11.2 Å². The number of nitrogens with zero attached hydrogens (tertiary/aromatic N) is 3. The fourth-order valence-electron chi connectivity index (χ4n) is 3.14. The molecule has 0 radical (unpaired) electrons. The molecule has 0 saturated heterocycles. The number of hydrogen-bond acceptors (Lipinski definition) is 2. The van der Waals surface area contributed by atoms with Crippen LogP contribution >= 0.6 is 0 Å². The maximum atomic E-state index is 12.5. The van der Waals surface area contributed by atoms with Gasteiger partial charge in [0.25, 0.3) is 0 Å². The standard InChI is InChI=1S/C21H19N3O/c1-23(2)20(25)14-18-21(16-9-4-3-5-10-16)22-19-13-12-15-8-6-7-11-17(15)24(18)19/h3-13H,14H2,1-2H3. The Bertz CT molecular complexity index is 1060. The third kappa shape index (κ3) is 2.66. The monoisotopic (exact) mass is 329 g/mol. The summed E-state index contributed by atoms with van der Waals surface area (Å²) in [4.78, 5) is 18.9. The van der Waals surface area contributed by atoms with Gasteiger partial charge in [0.15, 0.2) is 0 Å². The van der Waals surface area contributed by atoms with Crippen LogP contribution in [0, 0.1) is 0 Å². The number of fused-ring (bicyclic) bond motifs is 3. The highest BCUT2D eigenvalue weighted by Crippen LogP contribution is 2.28. The molecular weight excluding hydrogens is 310 g/mol. The minimum atomic E-state index is 0.0620. The van der Waals surface area contributed by atoms with Gasteiger partial charge in [0.1, 0.15) is 5.65 Å². The lowest BCUT2D eigenvalue weighted by Crippen LogP contribution is -2.24. The molecule has 4 aromatic rings. The predicted molar refractivity (Wildman–Crippen MR) is 101 cm³/mol.